The first kappa shape index (κ1) is 18.7. The standard InChI is InChI=1S/C20H17F3N2O2/c1-4-5-13-10-14(6-7-15(13)12(2)26)16-8-9-19(27-3)25-17(16)11-18(24-25)20(21,22)23/h4-11H,1-3H3/b5-4-. The fourth-order valence-electron chi connectivity index (χ4n) is 2.96. The lowest BCUT2D eigenvalue weighted by Gasteiger charge is -2.10. The van der Waals surface area contributed by atoms with Gasteiger partial charge in [0.05, 0.1) is 12.6 Å². The number of Topliss-reactive ketones (excluding diaryl/α,β-unsaturated/α-hetero) is 1. The van der Waals surface area contributed by atoms with E-state index in [1.165, 1.54) is 14.0 Å². The number of halogens is 3. The van der Waals surface area contributed by atoms with E-state index in [2.05, 4.69) is 5.10 Å². The molecule has 3 aromatic rings. The molecule has 0 bridgehead atoms. The van der Waals surface area contributed by atoms with Gasteiger partial charge < -0.3 is 4.74 Å². The van der Waals surface area contributed by atoms with Crippen molar-refractivity contribution in [3.63, 3.8) is 0 Å². The van der Waals surface area contributed by atoms with Gasteiger partial charge in [0.15, 0.2) is 11.5 Å². The Balaban J connectivity index is 2.27. The van der Waals surface area contributed by atoms with Crippen molar-refractivity contribution in [2.75, 3.05) is 7.11 Å². The molecule has 140 valence electrons. The Bertz CT molecular complexity index is 1050. The summed E-state index contributed by atoms with van der Waals surface area (Å²) in [5, 5.41) is 3.64. The number of benzene rings is 1. The summed E-state index contributed by atoms with van der Waals surface area (Å²) in [5.74, 6) is 0.108. The monoisotopic (exact) mass is 374 g/mol. The number of allylic oxidation sites excluding steroid dienone is 1. The molecule has 0 amide bonds. The second-order valence-electron chi connectivity index (χ2n) is 5.97. The smallest absolute Gasteiger partial charge is 0.435 e. The van der Waals surface area contributed by atoms with Crippen molar-refractivity contribution in [3.8, 4) is 17.0 Å². The molecule has 0 radical (unpaired) electrons. The number of pyridine rings is 1. The number of fused-ring (bicyclic) bond motifs is 1. The van der Waals surface area contributed by atoms with Crippen molar-refractivity contribution in [2.24, 2.45) is 0 Å². The number of carbonyl (C=O) groups is 1. The van der Waals surface area contributed by atoms with E-state index in [9.17, 15) is 18.0 Å². The molecule has 0 aliphatic carbocycles. The first-order chi connectivity index (χ1) is 12.8. The molecule has 0 fully saturated rings. The van der Waals surface area contributed by atoms with Gasteiger partial charge in [-0.05, 0) is 43.2 Å². The SMILES string of the molecule is C/C=C\c1cc(-c2ccc(OC)n3nc(C(F)(F)F)cc23)ccc1C(C)=O. The minimum Gasteiger partial charge on any atom is -0.481 e. The van der Waals surface area contributed by atoms with E-state index in [4.69, 9.17) is 4.74 Å². The van der Waals surface area contributed by atoms with Crippen LogP contribution in [0, 0.1) is 0 Å². The number of alkyl halides is 3. The Morgan fingerprint density at radius 3 is 2.52 bits per heavy atom. The maximum absolute atomic E-state index is 13.1. The maximum Gasteiger partial charge on any atom is 0.435 e. The highest BCUT2D eigenvalue weighted by atomic mass is 19.4. The molecule has 2 aromatic heterocycles. The fourth-order valence-corrected chi connectivity index (χ4v) is 2.96. The number of carbonyl (C=O) groups excluding carboxylic acids is 1. The summed E-state index contributed by atoms with van der Waals surface area (Å²) < 4.78 is 45.7. The Hall–Kier alpha value is -3.09. The van der Waals surface area contributed by atoms with Crippen LogP contribution in [-0.2, 0) is 6.18 Å². The number of ether oxygens (including phenoxy) is 1. The zero-order valence-electron chi connectivity index (χ0n) is 15.0. The number of nitrogens with zero attached hydrogens (tertiary/aromatic N) is 2. The number of hydrogen-bond donors (Lipinski definition) is 0. The van der Waals surface area contributed by atoms with Crippen LogP contribution in [0.25, 0.3) is 22.7 Å². The molecule has 0 saturated carbocycles. The van der Waals surface area contributed by atoms with Crippen molar-refractivity contribution >= 4 is 17.4 Å². The summed E-state index contributed by atoms with van der Waals surface area (Å²) in [7, 11) is 1.37. The molecule has 0 spiro atoms. The lowest BCUT2D eigenvalue weighted by Crippen LogP contribution is -2.06. The van der Waals surface area contributed by atoms with Crippen LogP contribution in [0.4, 0.5) is 13.2 Å². The molecule has 3 rings (SSSR count). The van der Waals surface area contributed by atoms with E-state index in [1.807, 2.05) is 6.92 Å². The van der Waals surface area contributed by atoms with Gasteiger partial charge >= 0.3 is 6.18 Å². The minimum absolute atomic E-state index is 0.0850. The molecular formula is C20H17F3N2O2. The van der Waals surface area contributed by atoms with E-state index in [0.717, 1.165) is 10.6 Å². The van der Waals surface area contributed by atoms with Gasteiger partial charge in [0.25, 0.3) is 0 Å². The molecule has 27 heavy (non-hydrogen) atoms. The van der Waals surface area contributed by atoms with Crippen LogP contribution >= 0.6 is 0 Å². The van der Waals surface area contributed by atoms with Gasteiger partial charge in [0, 0.05) is 17.2 Å². The molecular weight excluding hydrogens is 357 g/mol. The van der Waals surface area contributed by atoms with Crippen LogP contribution in [-0.4, -0.2) is 22.5 Å². The molecule has 0 N–H and O–H groups in total. The molecule has 0 aliphatic heterocycles. The normalized spacial score (nSPS) is 12.1. The second kappa shape index (κ2) is 6.90. The molecule has 0 unspecified atom stereocenters. The zero-order valence-corrected chi connectivity index (χ0v) is 15.0. The van der Waals surface area contributed by atoms with Crippen molar-refractivity contribution in [1.82, 2.24) is 9.61 Å². The first-order valence-electron chi connectivity index (χ1n) is 8.18. The van der Waals surface area contributed by atoms with Crippen LogP contribution < -0.4 is 4.74 Å². The van der Waals surface area contributed by atoms with Crippen LogP contribution in [0.15, 0.2) is 42.5 Å². The highest BCUT2D eigenvalue weighted by Gasteiger charge is 2.34. The predicted octanol–water partition coefficient (Wildman–Crippen LogP) is 5.26. The lowest BCUT2D eigenvalue weighted by molar-refractivity contribution is -0.141. The van der Waals surface area contributed by atoms with Crippen molar-refractivity contribution in [2.45, 2.75) is 20.0 Å². The van der Waals surface area contributed by atoms with Gasteiger partial charge in [0.2, 0.25) is 5.88 Å². The first-order valence-corrected chi connectivity index (χ1v) is 8.18. The fraction of sp³-hybridized carbons (Fsp3) is 0.200. The minimum atomic E-state index is -4.57. The van der Waals surface area contributed by atoms with E-state index in [-0.39, 0.29) is 17.2 Å². The number of aromatic nitrogens is 2. The van der Waals surface area contributed by atoms with Gasteiger partial charge in [0.1, 0.15) is 0 Å². The van der Waals surface area contributed by atoms with Crippen LogP contribution in [0.5, 0.6) is 5.88 Å². The third-order valence-corrected chi connectivity index (χ3v) is 4.17. The van der Waals surface area contributed by atoms with Gasteiger partial charge in [-0.15, -0.1) is 0 Å². The number of hydrogen-bond acceptors (Lipinski definition) is 3. The van der Waals surface area contributed by atoms with Gasteiger partial charge in [-0.2, -0.15) is 22.8 Å². The van der Waals surface area contributed by atoms with Crippen LogP contribution in [0.3, 0.4) is 0 Å². The number of rotatable bonds is 4. The van der Waals surface area contributed by atoms with E-state index in [1.54, 1.807) is 42.5 Å². The topological polar surface area (TPSA) is 43.6 Å². The average Bonchev–Trinajstić information content (AvgIpc) is 3.06. The highest BCUT2D eigenvalue weighted by Crippen LogP contribution is 2.35. The van der Waals surface area contributed by atoms with Gasteiger partial charge in [-0.3, -0.25) is 4.79 Å². The maximum atomic E-state index is 13.1. The Morgan fingerprint density at radius 1 is 1.19 bits per heavy atom. The molecule has 7 heteroatoms. The van der Waals surface area contributed by atoms with E-state index < -0.39 is 11.9 Å². The largest absolute Gasteiger partial charge is 0.481 e. The van der Waals surface area contributed by atoms with E-state index >= 15 is 0 Å². The molecule has 0 atom stereocenters. The molecule has 4 nitrogen and oxygen atoms in total. The van der Waals surface area contributed by atoms with Crippen molar-refractivity contribution in [1.29, 1.82) is 0 Å². The third-order valence-electron chi connectivity index (χ3n) is 4.17. The summed E-state index contributed by atoms with van der Waals surface area (Å²) >= 11 is 0. The van der Waals surface area contributed by atoms with Gasteiger partial charge in [-0.1, -0.05) is 24.3 Å². The highest BCUT2D eigenvalue weighted by molar-refractivity contribution is 5.98. The lowest BCUT2D eigenvalue weighted by atomic mass is 9.97. The summed E-state index contributed by atoms with van der Waals surface area (Å²) in [4.78, 5) is 11.8. The number of methoxy groups -OCH3 is 1. The predicted molar refractivity (Wildman–Crippen MR) is 96.9 cm³/mol. The van der Waals surface area contributed by atoms with E-state index in [0.29, 0.717) is 22.3 Å². The Labute approximate surface area is 153 Å². The second-order valence-corrected chi connectivity index (χ2v) is 5.97. The van der Waals surface area contributed by atoms with Crippen molar-refractivity contribution in [3.05, 3.63) is 59.3 Å². The van der Waals surface area contributed by atoms with Gasteiger partial charge in [-0.25, -0.2) is 0 Å². The third kappa shape index (κ3) is 3.45. The van der Waals surface area contributed by atoms with Crippen LogP contribution in [0.2, 0.25) is 0 Å². The summed E-state index contributed by atoms with van der Waals surface area (Å²) in [6.07, 6.45) is -0.975. The van der Waals surface area contributed by atoms with Crippen LogP contribution in [0.1, 0.15) is 35.5 Å². The quantitative estimate of drug-likeness (QED) is 0.585. The summed E-state index contributed by atoms with van der Waals surface area (Å²) in [6, 6.07) is 9.40. The Kier molecular flexibility index (Phi) is 4.78. The molecule has 1 aromatic carbocycles. The summed E-state index contributed by atoms with van der Waals surface area (Å²) in [5.41, 5.74) is 1.75. The average molecular weight is 374 g/mol. The molecule has 0 aliphatic rings. The molecule has 2 heterocycles. The Morgan fingerprint density at radius 2 is 1.93 bits per heavy atom. The van der Waals surface area contributed by atoms with Crippen molar-refractivity contribution < 1.29 is 22.7 Å². The summed E-state index contributed by atoms with van der Waals surface area (Å²) in [6.45, 7) is 3.30. The molecule has 0 saturated heterocycles. The zero-order chi connectivity index (χ0) is 19.8. The number of ketones is 1.